The fraction of sp³-hybridized carbons (Fsp3) is 0.833. The first-order chi connectivity index (χ1) is 7.65. The van der Waals surface area contributed by atoms with E-state index in [1.807, 2.05) is 5.43 Å². The van der Waals surface area contributed by atoms with Gasteiger partial charge in [-0.2, -0.15) is 0 Å². The van der Waals surface area contributed by atoms with Crippen molar-refractivity contribution in [1.29, 1.82) is 0 Å². The minimum atomic E-state index is -0.786. The van der Waals surface area contributed by atoms with Crippen LogP contribution in [0.5, 0.6) is 0 Å². The van der Waals surface area contributed by atoms with Crippen LogP contribution in [-0.2, 0) is 9.59 Å². The van der Waals surface area contributed by atoms with Crippen molar-refractivity contribution in [3.05, 3.63) is 0 Å². The molecule has 0 radical (unpaired) electrons. The standard InChI is InChI=1S/C12H23N3O2/c1-11(2)5-8(6-12(3,4)7-11)14-9(16)10(17)15-13/h8H,5-7,13H2,1-4H3,(H,14,16)(H,15,17). The largest absolute Gasteiger partial charge is 0.345 e. The van der Waals surface area contributed by atoms with Gasteiger partial charge in [-0.3, -0.25) is 15.0 Å². The van der Waals surface area contributed by atoms with Crippen molar-refractivity contribution >= 4 is 11.8 Å². The maximum absolute atomic E-state index is 11.5. The van der Waals surface area contributed by atoms with Crippen LogP contribution in [0.4, 0.5) is 0 Å². The molecule has 1 aliphatic rings. The van der Waals surface area contributed by atoms with Gasteiger partial charge in [-0.25, -0.2) is 5.84 Å². The molecule has 0 saturated heterocycles. The Morgan fingerprint density at radius 1 is 1.06 bits per heavy atom. The third-order valence-electron chi connectivity index (χ3n) is 3.23. The third-order valence-corrected chi connectivity index (χ3v) is 3.23. The Morgan fingerprint density at radius 2 is 1.53 bits per heavy atom. The van der Waals surface area contributed by atoms with Gasteiger partial charge in [0, 0.05) is 6.04 Å². The molecule has 5 nitrogen and oxygen atoms in total. The minimum Gasteiger partial charge on any atom is -0.345 e. The molecule has 0 aromatic rings. The summed E-state index contributed by atoms with van der Waals surface area (Å²) in [6, 6.07) is 0.0403. The van der Waals surface area contributed by atoms with E-state index in [4.69, 9.17) is 5.84 Å². The second-order valence-electron chi connectivity index (χ2n) is 6.56. The van der Waals surface area contributed by atoms with Crippen LogP contribution in [0.15, 0.2) is 0 Å². The zero-order chi connectivity index (χ0) is 13.3. The molecule has 5 heteroatoms. The molecular weight excluding hydrogens is 218 g/mol. The Labute approximate surface area is 102 Å². The molecule has 1 saturated carbocycles. The van der Waals surface area contributed by atoms with Crippen molar-refractivity contribution in [1.82, 2.24) is 10.7 Å². The van der Waals surface area contributed by atoms with E-state index in [2.05, 4.69) is 33.0 Å². The average molecular weight is 241 g/mol. The summed E-state index contributed by atoms with van der Waals surface area (Å²) in [5.74, 6) is 3.49. The van der Waals surface area contributed by atoms with Crippen LogP contribution in [0.3, 0.4) is 0 Å². The topological polar surface area (TPSA) is 84.2 Å². The summed E-state index contributed by atoms with van der Waals surface area (Å²) in [6.45, 7) is 8.76. The molecule has 0 aromatic carbocycles. The van der Waals surface area contributed by atoms with Crippen molar-refractivity contribution in [2.45, 2.75) is 53.0 Å². The number of hydrogen-bond donors (Lipinski definition) is 3. The lowest BCUT2D eigenvalue weighted by atomic mass is 9.63. The number of rotatable bonds is 1. The number of nitrogens with one attached hydrogen (secondary N) is 2. The normalized spacial score (nSPS) is 22.9. The first kappa shape index (κ1) is 14.0. The number of hydrogen-bond acceptors (Lipinski definition) is 3. The zero-order valence-corrected chi connectivity index (χ0v) is 11.1. The van der Waals surface area contributed by atoms with Crippen LogP contribution < -0.4 is 16.6 Å². The molecule has 2 amide bonds. The lowest BCUT2D eigenvalue weighted by Crippen LogP contribution is -2.51. The Balaban J connectivity index is 2.66. The van der Waals surface area contributed by atoms with Gasteiger partial charge in [0.1, 0.15) is 0 Å². The molecule has 1 rings (SSSR count). The molecule has 0 aliphatic heterocycles. The maximum atomic E-state index is 11.5. The summed E-state index contributed by atoms with van der Waals surface area (Å²) in [6.07, 6.45) is 2.90. The SMILES string of the molecule is CC1(C)CC(NC(=O)C(=O)NN)CC(C)(C)C1. The van der Waals surface area contributed by atoms with Crippen LogP contribution in [0.25, 0.3) is 0 Å². The van der Waals surface area contributed by atoms with Crippen molar-refractivity contribution in [3.63, 3.8) is 0 Å². The molecule has 0 bridgehead atoms. The van der Waals surface area contributed by atoms with Crippen LogP contribution in [0.2, 0.25) is 0 Å². The summed E-state index contributed by atoms with van der Waals surface area (Å²) < 4.78 is 0. The molecule has 4 N–H and O–H groups in total. The highest BCUT2D eigenvalue weighted by atomic mass is 16.2. The second-order valence-corrected chi connectivity index (χ2v) is 6.56. The Morgan fingerprint density at radius 3 is 1.94 bits per heavy atom. The molecular formula is C12H23N3O2. The monoisotopic (exact) mass is 241 g/mol. The van der Waals surface area contributed by atoms with Gasteiger partial charge in [0.05, 0.1) is 0 Å². The number of carbonyl (C=O) groups excluding carboxylic acids is 2. The van der Waals surface area contributed by atoms with E-state index in [1.165, 1.54) is 0 Å². The number of nitrogens with two attached hydrogens (primary N) is 1. The van der Waals surface area contributed by atoms with Crippen LogP contribution in [-0.4, -0.2) is 17.9 Å². The molecule has 0 aromatic heterocycles. The highest BCUT2D eigenvalue weighted by molar-refractivity contribution is 6.34. The van der Waals surface area contributed by atoms with Crippen LogP contribution in [0, 0.1) is 10.8 Å². The van der Waals surface area contributed by atoms with Gasteiger partial charge in [0.2, 0.25) is 0 Å². The predicted octanol–water partition coefficient (Wildman–Crippen LogP) is 0.697. The van der Waals surface area contributed by atoms with Gasteiger partial charge in [-0.15, -0.1) is 0 Å². The lowest BCUT2D eigenvalue weighted by molar-refractivity contribution is -0.140. The van der Waals surface area contributed by atoms with E-state index in [9.17, 15) is 9.59 Å². The highest BCUT2D eigenvalue weighted by Crippen LogP contribution is 2.45. The van der Waals surface area contributed by atoms with Crippen LogP contribution >= 0.6 is 0 Å². The summed E-state index contributed by atoms with van der Waals surface area (Å²) >= 11 is 0. The predicted molar refractivity (Wildman–Crippen MR) is 65.7 cm³/mol. The van der Waals surface area contributed by atoms with E-state index in [0.717, 1.165) is 19.3 Å². The molecule has 98 valence electrons. The molecule has 0 atom stereocenters. The molecule has 1 fully saturated rings. The molecule has 17 heavy (non-hydrogen) atoms. The Kier molecular flexibility index (Phi) is 3.81. The highest BCUT2D eigenvalue weighted by Gasteiger charge is 2.39. The fourth-order valence-electron chi connectivity index (χ4n) is 3.26. The molecule has 1 aliphatic carbocycles. The van der Waals surface area contributed by atoms with Gasteiger partial charge in [0.25, 0.3) is 0 Å². The summed E-state index contributed by atoms with van der Waals surface area (Å²) in [5.41, 5.74) is 2.20. The average Bonchev–Trinajstić information content (AvgIpc) is 2.11. The number of carbonyl (C=O) groups is 2. The van der Waals surface area contributed by atoms with E-state index in [-0.39, 0.29) is 16.9 Å². The van der Waals surface area contributed by atoms with E-state index >= 15 is 0 Å². The van der Waals surface area contributed by atoms with E-state index in [0.29, 0.717) is 0 Å². The van der Waals surface area contributed by atoms with Gasteiger partial charge >= 0.3 is 11.8 Å². The Hall–Kier alpha value is -1.10. The molecule has 0 unspecified atom stereocenters. The van der Waals surface area contributed by atoms with Gasteiger partial charge in [-0.05, 0) is 30.1 Å². The zero-order valence-electron chi connectivity index (χ0n) is 11.1. The van der Waals surface area contributed by atoms with Gasteiger partial charge in [0.15, 0.2) is 0 Å². The summed E-state index contributed by atoms with van der Waals surface area (Å²) in [7, 11) is 0. The van der Waals surface area contributed by atoms with Gasteiger partial charge in [-0.1, -0.05) is 27.7 Å². The molecule has 0 spiro atoms. The second kappa shape index (κ2) is 4.64. The fourth-order valence-corrected chi connectivity index (χ4v) is 3.26. The van der Waals surface area contributed by atoms with Crippen LogP contribution in [0.1, 0.15) is 47.0 Å². The number of hydrazine groups is 1. The van der Waals surface area contributed by atoms with Crippen molar-refractivity contribution in [2.75, 3.05) is 0 Å². The van der Waals surface area contributed by atoms with Crippen molar-refractivity contribution in [3.8, 4) is 0 Å². The smallest absolute Gasteiger partial charge is 0.323 e. The van der Waals surface area contributed by atoms with E-state index in [1.54, 1.807) is 0 Å². The van der Waals surface area contributed by atoms with E-state index < -0.39 is 11.8 Å². The first-order valence-electron chi connectivity index (χ1n) is 5.97. The third kappa shape index (κ3) is 4.00. The van der Waals surface area contributed by atoms with Gasteiger partial charge < -0.3 is 5.32 Å². The minimum absolute atomic E-state index is 0.0403. The summed E-state index contributed by atoms with van der Waals surface area (Å²) in [5, 5.41) is 2.75. The maximum Gasteiger partial charge on any atom is 0.323 e. The number of amides is 2. The lowest BCUT2D eigenvalue weighted by Gasteiger charge is -2.45. The van der Waals surface area contributed by atoms with Crippen molar-refractivity contribution < 1.29 is 9.59 Å². The molecule has 0 heterocycles. The van der Waals surface area contributed by atoms with Crippen molar-refractivity contribution in [2.24, 2.45) is 16.7 Å². The quantitative estimate of drug-likeness (QED) is 0.273. The first-order valence-corrected chi connectivity index (χ1v) is 5.97. The Bertz CT molecular complexity index is 308. The summed E-state index contributed by atoms with van der Waals surface area (Å²) in [4.78, 5) is 22.5.